The topological polar surface area (TPSA) is 77.2 Å². The normalized spacial score (nSPS) is 21.1. The molecule has 1 aliphatic rings. The summed E-state index contributed by atoms with van der Waals surface area (Å²) in [7, 11) is 0. The van der Waals surface area contributed by atoms with Gasteiger partial charge in [-0.05, 0) is 24.1 Å². The van der Waals surface area contributed by atoms with Gasteiger partial charge in [0, 0.05) is 30.5 Å². The molecular weight excluding hydrogens is 278 g/mol. The number of hydrogen-bond acceptors (Lipinski definition) is 4. The molecule has 5 heteroatoms. The third-order valence-corrected chi connectivity index (χ3v) is 4.14. The lowest BCUT2D eigenvalue weighted by Gasteiger charge is -2.19. The van der Waals surface area contributed by atoms with E-state index >= 15 is 0 Å². The number of aromatic nitrogens is 1. The molecule has 0 saturated carbocycles. The lowest BCUT2D eigenvalue weighted by atomic mass is 9.93. The number of nitrogens with one attached hydrogen (secondary N) is 1. The molecule has 0 radical (unpaired) electrons. The van der Waals surface area contributed by atoms with Crippen molar-refractivity contribution < 1.29 is 9.53 Å². The third-order valence-electron chi connectivity index (χ3n) is 4.14. The summed E-state index contributed by atoms with van der Waals surface area (Å²) in [5.74, 6) is 0.287. The zero-order chi connectivity index (χ0) is 15.4. The summed E-state index contributed by atoms with van der Waals surface area (Å²) in [6, 6.07) is 10.2. The fraction of sp³-hybridized carbons (Fsp3) is 0.412. The molecule has 2 atom stereocenters. The molecule has 1 saturated heterocycles. The van der Waals surface area contributed by atoms with Crippen molar-refractivity contribution in [3.8, 4) is 0 Å². The maximum absolute atomic E-state index is 11.8. The van der Waals surface area contributed by atoms with Gasteiger partial charge in [-0.25, -0.2) is 0 Å². The van der Waals surface area contributed by atoms with Gasteiger partial charge in [-0.1, -0.05) is 18.2 Å². The summed E-state index contributed by atoms with van der Waals surface area (Å²) in [4.78, 5) is 16.1. The molecule has 1 aliphatic heterocycles. The molecule has 3 N–H and O–H groups in total. The molecule has 3 rings (SSSR count). The first-order valence-electron chi connectivity index (χ1n) is 7.67. The van der Waals surface area contributed by atoms with E-state index < -0.39 is 0 Å². The summed E-state index contributed by atoms with van der Waals surface area (Å²) in [6.45, 7) is 1.62. The van der Waals surface area contributed by atoms with Crippen molar-refractivity contribution in [1.29, 1.82) is 0 Å². The second-order valence-corrected chi connectivity index (χ2v) is 5.70. The average molecular weight is 299 g/mol. The minimum absolute atomic E-state index is 0.00239. The van der Waals surface area contributed by atoms with Gasteiger partial charge in [0.15, 0.2) is 0 Å². The van der Waals surface area contributed by atoms with Gasteiger partial charge >= 0.3 is 0 Å². The number of amides is 1. The van der Waals surface area contributed by atoms with Gasteiger partial charge in [0.25, 0.3) is 0 Å². The highest BCUT2D eigenvalue weighted by Crippen LogP contribution is 2.24. The number of pyridine rings is 1. The second-order valence-electron chi connectivity index (χ2n) is 5.70. The number of carbonyl (C=O) groups excluding carboxylic acids is 1. The quantitative estimate of drug-likeness (QED) is 0.871. The lowest BCUT2D eigenvalue weighted by Crippen LogP contribution is -2.41. The number of ether oxygens (including phenoxy) is 1. The molecular formula is C17H21N3O2. The van der Waals surface area contributed by atoms with E-state index in [4.69, 9.17) is 10.5 Å². The Kier molecular flexibility index (Phi) is 4.65. The highest BCUT2D eigenvalue weighted by Gasteiger charge is 2.29. The summed E-state index contributed by atoms with van der Waals surface area (Å²) in [6.07, 6.45) is 3.08. The summed E-state index contributed by atoms with van der Waals surface area (Å²) >= 11 is 0. The first-order chi connectivity index (χ1) is 10.8. The van der Waals surface area contributed by atoms with Crippen molar-refractivity contribution >= 4 is 16.8 Å². The average Bonchev–Trinajstić information content (AvgIpc) is 2.95. The number of rotatable bonds is 5. The number of carbonyl (C=O) groups is 1. The first kappa shape index (κ1) is 14.9. The van der Waals surface area contributed by atoms with Gasteiger partial charge in [0.05, 0.1) is 24.8 Å². The Labute approximate surface area is 129 Å². The van der Waals surface area contributed by atoms with Crippen LogP contribution in [0.3, 0.4) is 0 Å². The van der Waals surface area contributed by atoms with Crippen LogP contribution < -0.4 is 11.1 Å². The minimum Gasteiger partial charge on any atom is -0.379 e. The number of nitrogens with zero attached hydrogens (tertiary/aromatic N) is 1. The SMILES string of the molecule is NCCC(=O)N[C@@H]1COC[C@H]1Cc1ccnc2ccccc12. The first-order valence-corrected chi connectivity index (χ1v) is 7.67. The molecule has 1 fully saturated rings. The van der Waals surface area contributed by atoms with Crippen molar-refractivity contribution in [2.45, 2.75) is 18.9 Å². The van der Waals surface area contributed by atoms with E-state index in [1.165, 1.54) is 10.9 Å². The van der Waals surface area contributed by atoms with E-state index in [0.717, 1.165) is 11.9 Å². The number of benzene rings is 1. The fourth-order valence-electron chi connectivity index (χ4n) is 2.98. The Hall–Kier alpha value is -1.98. The van der Waals surface area contributed by atoms with E-state index in [0.29, 0.717) is 26.2 Å². The Bertz CT molecular complexity index is 654. The molecule has 116 valence electrons. The molecule has 0 aliphatic carbocycles. The van der Waals surface area contributed by atoms with Gasteiger partial charge in [-0.3, -0.25) is 9.78 Å². The summed E-state index contributed by atoms with van der Waals surface area (Å²) < 4.78 is 5.57. The maximum Gasteiger partial charge on any atom is 0.221 e. The van der Waals surface area contributed by atoms with Crippen LogP contribution in [0.5, 0.6) is 0 Å². The van der Waals surface area contributed by atoms with Crippen LogP contribution >= 0.6 is 0 Å². The lowest BCUT2D eigenvalue weighted by molar-refractivity contribution is -0.121. The molecule has 1 aromatic carbocycles. The van der Waals surface area contributed by atoms with Crippen LogP contribution in [0, 0.1) is 5.92 Å². The minimum atomic E-state index is 0.00239. The molecule has 22 heavy (non-hydrogen) atoms. The largest absolute Gasteiger partial charge is 0.379 e. The molecule has 1 amide bonds. The van der Waals surface area contributed by atoms with Gasteiger partial charge in [-0.15, -0.1) is 0 Å². The smallest absolute Gasteiger partial charge is 0.221 e. The van der Waals surface area contributed by atoms with Crippen LogP contribution in [0.2, 0.25) is 0 Å². The number of nitrogens with two attached hydrogens (primary N) is 1. The highest BCUT2D eigenvalue weighted by atomic mass is 16.5. The van der Waals surface area contributed by atoms with Crippen LogP contribution in [0.25, 0.3) is 10.9 Å². The van der Waals surface area contributed by atoms with Crippen molar-refractivity contribution in [1.82, 2.24) is 10.3 Å². The molecule has 5 nitrogen and oxygen atoms in total. The predicted octanol–water partition coefficient (Wildman–Crippen LogP) is 1.26. The Morgan fingerprint density at radius 2 is 2.18 bits per heavy atom. The molecule has 2 heterocycles. The van der Waals surface area contributed by atoms with Crippen LogP contribution in [0.1, 0.15) is 12.0 Å². The van der Waals surface area contributed by atoms with Crippen molar-refractivity contribution in [2.24, 2.45) is 11.7 Å². The molecule has 0 spiro atoms. The second kappa shape index (κ2) is 6.85. The number of fused-ring (bicyclic) bond motifs is 1. The summed E-state index contributed by atoms with van der Waals surface area (Å²) in [5, 5.41) is 4.21. The van der Waals surface area contributed by atoms with Gasteiger partial charge in [0.2, 0.25) is 5.91 Å². The van der Waals surface area contributed by atoms with Crippen molar-refractivity contribution in [2.75, 3.05) is 19.8 Å². The van der Waals surface area contributed by atoms with E-state index in [1.54, 1.807) is 0 Å². The van der Waals surface area contributed by atoms with Gasteiger partial charge in [0.1, 0.15) is 0 Å². The van der Waals surface area contributed by atoms with Crippen LogP contribution in [-0.4, -0.2) is 36.7 Å². The van der Waals surface area contributed by atoms with Crippen molar-refractivity contribution in [3.05, 3.63) is 42.1 Å². The number of hydrogen-bond donors (Lipinski definition) is 2. The summed E-state index contributed by atoms with van der Waals surface area (Å²) in [5.41, 5.74) is 7.68. The Morgan fingerprint density at radius 3 is 3.05 bits per heavy atom. The van der Waals surface area contributed by atoms with E-state index in [1.807, 2.05) is 24.4 Å². The Balaban J connectivity index is 1.74. The monoisotopic (exact) mass is 299 g/mol. The maximum atomic E-state index is 11.8. The van der Waals surface area contributed by atoms with Crippen LogP contribution in [0.15, 0.2) is 36.5 Å². The zero-order valence-electron chi connectivity index (χ0n) is 12.5. The Morgan fingerprint density at radius 1 is 1.32 bits per heavy atom. The number of para-hydroxylation sites is 1. The van der Waals surface area contributed by atoms with Crippen LogP contribution in [0.4, 0.5) is 0 Å². The third kappa shape index (κ3) is 3.26. The van der Waals surface area contributed by atoms with E-state index in [2.05, 4.69) is 22.4 Å². The van der Waals surface area contributed by atoms with E-state index in [9.17, 15) is 4.79 Å². The molecule has 1 aromatic heterocycles. The fourth-order valence-corrected chi connectivity index (χ4v) is 2.98. The standard InChI is InChI=1S/C17H21N3O2/c18-7-5-17(21)20-16-11-22-10-13(16)9-12-6-8-19-15-4-2-1-3-14(12)15/h1-4,6,8,13,16H,5,7,9-11,18H2,(H,20,21)/t13-,16-/m1/s1. The van der Waals surface area contributed by atoms with E-state index in [-0.39, 0.29) is 17.9 Å². The van der Waals surface area contributed by atoms with Crippen LogP contribution in [-0.2, 0) is 16.0 Å². The predicted molar refractivity (Wildman–Crippen MR) is 85.4 cm³/mol. The molecule has 2 aromatic rings. The van der Waals surface area contributed by atoms with Crippen molar-refractivity contribution in [3.63, 3.8) is 0 Å². The zero-order valence-corrected chi connectivity index (χ0v) is 12.5. The van der Waals surface area contributed by atoms with Gasteiger partial charge < -0.3 is 15.8 Å². The molecule has 0 unspecified atom stereocenters. The molecule has 0 bridgehead atoms. The highest BCUT2D eigenvalue weighted by molar-refractivity contribution is 5.81. The van der Waals surface area contributed by atoms with Gasteiger partial charge in [-0.2, -0.15) is 0 Å².